The van der Waals surface area contributed by atoms with E-state index in [9.17, 15) is 4.79 Å². The number of carbonyl (C=O) groups excluding carboxylic acids is 1. The number of nitrogens with zero attached hydrogens (tertiary/aromatic N) is 2. The van der Waals surface area contributed by atoms with Gasteiger partial charge in [0, 0.05) is 5.02 Å². The van der Waals surface area contributed by atoms with Gasteiger partial charge in [0.2, 0.25) is 11.0 Å². The third-order valence-corrected chi connectivity index (χ3v) is 6.43. The molecule has 2 aromatic carbocycles. The SMILES string of the molecule is O=C1C2C(NCCC2c2ccc(Cl)cc2)NN1c1nc2ccccc2s1. The molecule has 2 aliphatic heterocycles. The molecule has 3 heterocycles. The zero-order valence-electron chi connectivity index (χ0n) is 13.9. The van der Waals surface area contributed by atoms with Crippen LogP contribution >= 0.6 is 22.9 Å². The zero-order chi connectivity index (χ0) is 17.7. The summed E-state index contributed by atoms with van der Waals surface area (Å²) in [6, 6.07) is 15.8. The van der Waals surface area contributed by atoms with Gasteiger partial charge in [-0.3, -0.25) is 10.1 Å². The molecule has 132 valence electrons. The van der Waals surface area contributed by atoms with E-state index in [0.717, 1.165) is 28.7 Å². The van der Waals surface area contributed by atoms with Gasteiger partial charge in [0.1, 0.15) is 0 Å². The number of hydrazine groups is 1. The van der Waals surface area contributed by atoms with Crippen molar-refractivity contribution in [3.05, 3.63) is 59.1 Å². The van der Waals surface area contributed by atoms with Crippen molar-refractivity contribution in [1.29, 1.82) is 0 Å². The lowest BCUT2D eigenvalue weighted by Crippen LogP contribution is -2.50. The van der Waals surface area contributed by atoms with Gasteiger partial charge in [0.05, 0.1) is 22.3 Å². The molecule has 2 saturated heterocycles. The second kappa shape index (κ2) is 6.32. The highest BCUT2D eigenvalue weighted by molar-refractivity contribution is 7.22. The maximum absolute atomic E-state index is 13.2. The average Bonchev–Trinajstić information content (AvgIpc) is 3.23. The molecular formula is C19H17ClN4OS. The molecule has 1 aromatic heterocycles. The topological polar surface area (TPSA) is 57.3 Å². The van der Waals surface area contributed by atoms with Crippen molar-refractivity contribution in [2.24, 2.45) is 5.92 Å². The first-order valence-corrected chi connectivity index (χ1v) is 9.85. The number of rotatable bonds is 2. The number of carbonyl (C=O) groups is 1. The molecule has 3 atom stereocenters. The van der Waals surface area contributed by atoms with Gasteiger partial charge in [-0.1, -0.05) is 47.2 Å². The maximum atomic E-state index is 13.2. The summed E-state index contributed by atoms with van der Waals surface area (Å²) in [5.41, 5.74) is 5.40. The Kier molecular flexibility index (Phi) is 3.94. The Morgan fingerprint density at radius 1 is 1.15 bits per heavy atom. The lowest BCUT2D eigenvalue weighted by molar-refractivity contribution is -0.121. The minimum Gasteiger partial charge on any atom is -0.300 e. The smallest absolute Gasteiger partial charge is 0.250 e. The molecule has 5 nitrogen and oxygen atoms in total. The summed E-state index contributed by atoms with van der Waals surface area (Å²) in [4.78, 5) is 17.9. The van der Waals surface area contributed by atoms with E-state index in [1.165, 1.54) is 11.3 Å². The summed E-state index contributed by atoms with van der Waals surface area (Å²) in [5, 5.41) is 6.47. The molecule has 0 spiro atoms. The zero-order valence-corrected chi connectivity index (χ0v) is 15.4. The number of amides is 1. The summed E-state index contributed by atoms with van der Waals surface area (Å²) >= 11 is 7.55. The third kappa shape index (κ3) is 2.61. The molecule has 0 aliphatic carbocycles. The molecule has 2 N–H and O–H groups in total. The van der Waals surface area contributed by atoms with Crippen LogP contribution in [0.4, 0.5) is 5.13 Å². The van der Waals surface area contributed by atoms with E-state index in [4.69, 9.17) is 11.6 Å². The second-order valence-electron chi connectivity index (χ2n) is 6.67. The number of thiazole rings is 1. The van der Waals surface area contributed by atoms with Gasteiger partial charge in [-0.2, -0.15) is 0 Å². The third-order valence-electron chi connectivity index (χ3n) is 5.16. The Balaban J connectivity index is 1.48. The molecule has 26 heavy (non-hydrogen) atoms. The first-order chi connectivity index (χ1) is 12.7. The molecule has 1 amide bonds. The van der Waals surface area contributed by atoms with Crippen LogP contribution < -0.4 is 15.8 Å². The summed E-state index contributed by atoms with van der Waals surface area (Å²) in [6.45, 7) is 0.864. The van der Waals surface area contributed by atoms with E-state index in [1.807, 2.05) is 48.5 Å². The number of halogens is 1. The lowest BCUT2D eigenvalue weighted by Gasteiger charge is -2.32. The Labute approximate surface area is 160 Å². The summed E-state index contributed by atoms with van der Waals surface area (Å²) in [7, 11) is 0. The quantitative estimate of drug-likeness (QED) is 0.709. The predicted molar refractivity (Wildman–Crippen MR) is 104 cm³/mol. The number of fused-ring (bicyclic) bond motifs is 2. The largest absolute Gasteiger partial charge is 0.300 e. The van der Waals surface area contributed by atoms with Gasteiger partial charge in [-0.25, -0.2) is 15.4 Å². The number of nitrogens with one attached hydrogen (secondary N) is 2. The highest BCUT2D eigenvalue weighted by Crippen LogP contribution is 2.39. The Bertz CT molecular complexity index is 940. The minimum absolute atomic E-state index is 0.0706. The number of benzene rings is 2. The fourth-order valence-corrected chi connectivity index (χ4v) is 4.98. The van der Waals surface area contributed by atoms with Crippen LogP contribution in [-0.4, -0.2) is 23.6 Å². The fourth-order valence-electron chi connectivity index (χ4n) is 3.91. The number of hydrogen-bond donors (Lipinski definition) is 2. The molecule has 3 aromatic rings. The van der Waals surface area contributed by atoms with Crippen LogP contribution in [-0.2, 0) is 4.79 Å². The molecule has 3 unspecified atom stereocenters. The van der Waals surface area contributed by atoms with Crippen LogP contribution in [0.1, 0.15) is 17.9 Å². The van der Waals surface area contributed by atoms with Crippen LogP contribution in [0, 0.1) is 5.92 Å². The minimum atomic E-state index is -0.156. The monoisotopic (exact) mass is 384 g/mol. The lowest BCUT2D eigenvalue weighted by atomic mass is 9.79. The predicted octanol–water partition coefficient (Wildman–Crippen LogP) is 3.52. The normalized spacial score (nSPS) is 25.7. The summed E-state index contributed by atoms with van der Waals surface area (Å²) < 4.78 is 1.08. The van der Waals surface area contributed by atoms with Crippen molar-refractivity contribution < 1.29 is 4.79 Å². The van der Waals surface area contributed by atoms with Crippen molar-refractivity contribution in [3.63, 3.8) is 0 Å². The molecule has 2 fully saturated rings. The Hall–Kier alpha value is -1.99. The van der Waals surface area contributed by atoms with Crippen LogP contribution in [0.3, 0.4) is 0 Å². The van der Waals surface area contributed by atoms with Gasteiger partial charge in [-0.05, 0) is 48.7 Å². The van der Waals surface area contributed by atoms with E-state index >= 15 is 0 Å². The number of anilines is 1. The number of aromatic nitrogens is 1. The Morgan fingerprint density at radius 2 is 1.96 bits per heavy atom. The maximum Gasteiger partial charge on any atom is 0.250 e. The van der Waals surface area contributed by atoms with Crippen LogP contribution in [0.15, 0.2) is 48.5 Å². The van der Waals surface area contributed by atoms with Crippen molar-refractivity contribution >= 4 is 44.2 Å². The van der Waals surface area contributed by atoms with E-state index in [2.05, 4.69) is 15.7 Å². The highest BCUT2D eigenvalue weighted by Gasteiger charge is 2.48. The van der Waals surface area contributed by atoms with Crippen molar-refractivity contribution in [2.45, 2.75) is 18.5 Å². The van der Waals surface area contributed by atoms with Gasteiger partial charge < -0.3 is 0 Å². The number of para-hydroxylation sites is 1. The average molecular weight is 385 g/mol. The standard InChI is InChI=1S/C19H17ClN4OS/c20-12-7-5-11(6-8-12)13-9-10-21-17-16(13)18(25)24(23-17)19-22-14-3-1-2-4-15(14)26-19/h1-8,13,16-17,21,23H,9-10H2. The van der Waals surface area contributed by atoms with Crippen LogP contribution in [0.2, 0.25) is 5.02 Å². The van der Waals surface area contributed by atoms with Crippen molar-refractivity contribution in [1.82, 2.24) is 15.7 Å². The van der Waals surface area contributed by atoms with Crippen LogP contribution in [0.5, 0.6) is 0 Å². The van der Waals surface area contributed by atoms with Gasteiger partial charge in [-0.15, -0.1) is 0 Å². The van der Waals surface area contributed by atoms with Crippen molar-refractivity contribution in [3.8, 4) is 0 Å². The first kappa shape index (κ1) is 16.2. The second-order valence-corrected chi connectivity index (χ2v) is 8.12. The molecule has 0 bridgehead atoms. The van der Waals surface area contributed by atoms with Crippen LogP contribution in [0.25, 0.3) is 10.2 Å². The van der Waals surface area contributed by atoms with E-state index in [1.54, 1.807) is 5.01 Å². The number of hydrogen-bond acceptors (Lipinski definition) is 5. The molecule has 7 heteroatoms. The molecule has 2 aliphatic rings. The van der Waals surface area contributed by atoms with E-state index in [-0.39, 0.29) is 23.9 Å². The molecule has 0 saturated carbocycles. The van der Waals surface area contributed by atoms with E-state index in [0.29, 0.717) is 10.2 Å². The van der Waals surface area contributed by atoms with Gasteiger partial charge >= 0.3 is 0 Å². The van der Waals surface area contributed by atoms with Gasteiger partial charge in [0.15, 0.2) is 0 Å². The highest BCUT2D eigenvalue weighted by atomic mass is 35.5. The fraction of sp³-hybridized carbons (Fsp3) is 0.263. The summed E-state index contributed by atoms with van der Waals surface area (Å²) in [6.07, 6.45) is 0.841. The summed E-state index contributed by atoms with van der Waals surface area (Å²) in [5.74, 6) is 0.0797. The molecule has 0 radical (unpaired) electrons. The molecular weight excluding hydrogens is 368 g/mol. The van der Waals surface area contributed by atoms with Gasteiger partial charge in [0.25, 0.3) is 0 Å². The van der Waals surface area contributed by atoms with E-state index < -0.39 is 0 Å². The first-order valence-electron chi connectivity index (χ1n) is 8.65. The number of piperidine rings is 1. The molecule has 5 rings (SSSR count). The Morgan fingerprint density at radius 3 is 2.77 bits per heavy atom. The van der Waals surface area contributed by atoms with Crippen molar-refractivity contribution in [2.75, 3.05) is 11.6 Å².